The number of benzene rings is 1. The number of pyridine rings is 1. The van der Waals surface area contributed by atoms with Crippen LogP contribution in [0.25, 0.3) is 0 Å². The molecular formula is C14H13ClNNaO. The molecule has 1 aromatic carbocycles. The van der Waals surface area contributed by atoms with Crippen molar-refractivity contribution < 1.29 is 35.8 Å². The molecular weight excluding hydrogens is 257 g/mol. The summed E-state index contributed by atoms with van der Waals surface area (Å²) in [4.78, 5) is 16.0. The van der Waals surface area contributed by atoms with Crippen LogP contribution in [0, 0.1) is 0 Å². The maximum Gasteiger partial charge on any atom is 1.00 e. The van der Waals surface area contributed by atoms with Gasteiger partial charge in [-0.1, -0.05) is 17.7 Å². The van der Waals surface area contributed by atoms with Gasteiger partial charge in [0.15, 0.2) is 5.78 Å². The Morgan fingerprint density at radius 1 is 1.17 bits per heavy atom. The first-order valence-corrected chi connectivity index (χ1v) is 5.82. The molecule has 0 N–H and O–H groups in total. The summed E-state index contributed by atoms with van der Waals surface area (Å²) in [5.74, 6) is 0.118. The molecule has 0 saturated heterocycles. The molecule has 0 aliphatic rings. The van der Waals surface area contributed by atoms with Crippen LogP contribution in [-0.4, -0.2) is 10.8 Å². The van der Waals surface area contributed by atoms with Crippen LogP contribution in [0.1, 0.15) is 23.9 Å². The van der Waals surface area contributed by atoms with E-state index in [1.54, 1.807) is 30.5 Å². The van der Waals surface area contributed by atoms with Gasteiger partial charge in [-0.05, 0) is 42.8 Å². The number of ketones is 1. The minimum absolute atomic E-state index is 0. The molecule has 1 aromatic heterocycles. The summed E-state index contributed by atoms with van der Waals surface area (Å²) in [7, 11) is 0. The number of carbonyl (C=O) groups is 1. The Morgan fingerprint density at radius 3 is 2.50 bits per heavy atom. The molecule has 0 aliphatic heterocycles. The minimum Gasteiger partial charge on any atom is -1.00 e. The fourth-order valence-corrected chi connectivity index (χ4v) is 1.69. The standard InChI is InChI=1S/C14H12ClNO.Na.H/c15-12-6-4-11(5-7-12)14(17)9-8-13-3-1-2-10-16-13;;/h1-7,10H,8-9H2;;/q;+1;-1. The molecule has 0 amide bonds. The Balaban J connectivity index is 0.00000162. The monoisotopic (exact) mass is 269 g/mol. The molecule has 0 aliphatic carbocycles. The average molecular weight is 270 g/mol. The molecule has 4 heteroatoms. The summed E-state index contributed by atoms with van der Waals surface area (Å²) >= 11 is 5.77. The number of nitrogens with zero attached hydrogens (tertiary/aromatic N) is 1. The summed E-state index contributed by atoms with van der Waals surface area (Å²) in [5, 5.41) is 0.645. The third-order valence-corrected chi connectivity index (χ3v) is 2.75. The van der Waals surface area contributed by atoms with Gasteiger partial charge in [0, 0.05) is 28.9 Å². The number of halogens is 1. The molecule has 0 bridgehead atoms. The van der Waals surface area contributed by atoms with Gasteiger partial charge in [-0.3, -0.25) is 9.78 Å². The second-order valence-electron chi connectivity index (χ2n) is 3.75. The average Bonchev–Trinajstić information content (AvgIpc) is 2.38. The zero-order valence-electron chi connectivity index (χ0n) is 11.3. The van der Waals surface area contributed by atoms with Gasteiger partial charge >= 0.3 is 29.6 Å². The fraction of sp³-hybridized carbons (Fsp3) is 0.143. The van der Waals surface area contributed by atoms with E-state index in [1.165, 1.54) is 0 Å². The topological polar surface area (TPSA) is 30.0 Å². The van der Waals surface area contributed by atoms with E-state index in [9.17, 15) is 4.79 Å². The number of aromatic nitrogens is 1. The summed E-state index contributed by atoms with van der Waals surface area (Å²) in [6.45, 7) is 0. The van der Waals surface area contributed by atoms with Crippen LogP contribution in [0.5, 0.6) is 0 Å². The Kier molecular flexibility index (Phi) is 6.58. The quantitative estimate of drug-likeness (QED) is 0.603. The van der Waals surface area contributed by atoms with Gasteiger partial charge in [-0.25, -0.2) is 0 Å². The van der Waals surface area contributed by atoms with Crippen LogP contribution in [0.4, 0.5) is 0 Å². The van der Waals surface area contributed by atoms with Crippen LogP contribution in [0.15, 0.2) is 48.7 Å². The first-order valence-electron chi connectivity index (χ1n) is 5.44. The van der Waals surface area contributed by atoms with Crippen LogP contribution in [-0.2, 0) is 6.42 Å². The van der Waals surface area contributed by atoms with Gasteiger partial charge in [0.25, 0.3) is 0 Å². The SMILES string of the molecule is O=C(CCc1ccccn1)c1ccc(Cl)cc1.[H-].[Na+]. The third-order valence-electron chi connectivity index (χ3n) is 2.50. The molecule has 18 heavy (non-hydrogen) atoms. The molecule has 0 atom stereocenters. The second kappa shape index (κ2) is 7.70. The number of aryl methyl sites for hydroxylation is 1. The summed E-state index contributed by atoms with van der Waals surface area (Å²) in [6.07, 6.45) is 2.88. The maximum absolute atomic E-state index is 11.9. The van der Waals surface area contributed by atoms with Gasteiger partial charge in [0.05, 0.1) is 0 Å². The normalized spacial score (nSPS) is 9.61. The number of carbonyl (C=O) groups excluding carboxylic acids is 1. The van der Waals surface area contributed by atoms with Crippen molar-refractivity contribution in [2.45, 2.75) is 12.8 Å². The minimum atomic E-state index is 0. The van der Waals surface area contributed by atoms with Crippen molar-refractivity contribution in [2.75, 3.05) is 0 Å². The van der Waals surface area contributed by atoms with E-state index in [0.29, 0.717) is 23.4 Å². The van der Waals surface area contributed by atoms with E-state index in [0.717, 1.165) is 5.69 Å². The van der Waals surface area contributed by atoms with Gasteiger partial charge in [-0.2, -0.15) is 0 Å². The molecule has 0 saturated carbocycles. The first-order chi connectivity index (χ1) is 8.25. The molecule has 0 unspecified atom stereocenters. The van der Waals surface area contributed by atoms with Crippen LogP contribution >= 0.6 is 11.6 Å². The van der Waals surface area contributed by atoms with E-state index < -0.39 is 0 Å². The van der Waals surface area contributed by atoms with Crippen LogP contribution in [0.3, 0.4) is 0 Å². The zero-order valence-corrected chi connectivity index (χ0v) is 13.0. The van der Waals surface area contributed by atoms with Gasteiger partial charge < -0.3 is 1.43 Å². The van der Waals surface area contributed by atoms with E-state index in [1.807, 2.05) is 18.2 Å². The summed E-state index contributed by atoms with van der Waals surface area (Å²) < 4.78 is 0. The Bertz CT molecular complexity index is 505. The number of hydrogen-bond acceptors (Lipinski definition) is 2. The van der Waals surface area contributed by atoms with Crippen molar-refractivity contribution in [3.8, 4) is 0 Å². The molecule has 88 valence electrons. The van der Waals surface area contributed by atoms with Gasteiger partial charge in [0.2, 0.25) is 0 Å². The molecule has 0 radical (unpaired) electrons. The molecule has 2 nitrogen and oxygen atoms in total. The predicted octanol–water partition coefficient (Wildman–Crippen LogP) is 0.667. The van der Waals surface area contributed by atoms with Gasteiger partial charge in [0.1, 0.15) is 0 Å². The smallest absolute Gasteiger partial charge is 1.00 e. The molecule has 1 heterocycles. The third kappa shape index (κ3) is 4.54. The second-order valence-corrected chi connectivity index (χ2v) is 4.19. The first kappa shape index (κ1) is 15.4. The van der Waals surface area contributed by atoms with Crippen molar-refractivity contribution in [3.63, 3.8) is 0 Å². The molecule has 2 aromatic rings. The van der Waals surface area contributed by atoms with Crippen molar-refractivity contribution in [2.24, 2.45) is 0 Å². The van der Waals surface area contributed by atoms with Crippen molar-refractivity contribution >= 4 is 17.4 Å². The Hall–Kier alpha value is -0.670. The van der Waals surface area contributed by atoms with Crippen LogP contribution < -0.4 is 29.6 Å². The van der Waals surface area contributed by atoms with Crippen molar-refractivity contribution in [1.29, 1.82) is 0 Å². The molecule has 0 spiro atoms. The number of Topliss-reactive ketones (excluding diaryl/α,β-unsaturated/α-hetero) is 1. The maximum atomic E-state index is 11.9. The summed E-state index contributed by atoms with van der Waals surface area (Å²) in [5.41, 5.74) is 1.64. The van der Waals surface area contributed by atoms with E-state index in [2.05, 4.69) is 4.98 Å². The number of hydrogen-bond donors (Lipinski definition) is 0. The van der Waals surface area contributed by atoms with Crippen molar-refractivity contribution in [1.82, 2.24) is 4.98 Å². The van der Waals surface area contributed by atoms with E-state index in [4.69, 9.17) is 11.6 Å². The van der Waals surface area contributed by atoms with Gasteiger partial charge in [-0.15, -0.1) is 0 Å². The van der Waals surface area contributed by atoms with E-state index in [-0.39, 0.29) is 36.8 Å². The fourth-order valence-electron chi connectivity index (χ4n) is 1.57. The van der Waals surface area contributed by atoms with Crippen LogP contribution in [0.2, 0.25) is 5.02 Å². The van der Waals surface area contributed by atoms with Crippen molar-refractivity contribution in [3.05, 3.63) is 64.9 Å². The van der Waals surface area contributed by atoms with E-state index >= 15 is 0 Å². The largest absolute Gasteiger partial charge is 1.00 e. The molecule has 2 rings (SSSR count). The molecule has 0 fully saturated rings. The Morgan fingerprint density at radius 2 is 1.89 bits per heavy atom. The Labute approximate surface area is 135 Å². The summed E-state index contributed by atoms with van der Waals surface area (Å²) in [6, 6.07) is 12.7. The number of rotatable bonds is 4. The zero-order chi connectivity index (χ0) is 12.1. The predicted molar refractivity (Wildman–Crippen MR) is 69.5 cm³/mol.